The third-order valence-electron chi connectivity index (χ3n) is 4.93. The van der Waals surface area contributed by atoms with Gasteiger partial charge in [0.25, 0.3) is 0 Å². The van der Waals surface area contributed by atoms with Crippen molar-refractivity contribution in [2.45, 2.75) is 43.9 Å². The summed E-state index contributed by atoms with van der Waals surface area (Å²) in [6.07, 6.45) is -1.94. The van der Waals surface area contributed by atoms with Crippen molar-refractivity contribution in [2.24, 2.45) is 0 Å². The normalized spacial score (nSPS) is 25.8. The smallest absolute Gasteiger partial charge is 0.506 e. The van der Waals surface area contributed by atoms with Gasteiger partial charge in [-0.25, -0.2) is 9.18 Å². The summed E-state index contributed by atoms with van der Waals surface area (Å²) in [5, 5.41) is 29.9. The van der Waals surface area contributed by atoms with Crippen LogP contribution in [-0.4, -0.2) is 54.1 Å². The maximum atomic E-state index is 15.1. The number of nitrogens with zero attached hydrogens (tertiary/aromatic N) is 3. The zero-order valence-corrected chi connectivity index (χ0v) is 18.9. The molecule has 0 aliphatic carbocycles. The Bertz CT molecular complexity index is 1070. The SMILES string of the molecule is Cc1ncc(CO)c(CN[P+](=O)OC[C@H]2O[C@@H](n3ccc(N)nc3=O)C(F)(P)C2O)c1O. The standard InChI is InChI=1S/C17H22FN5O7P2/c1-8-13(25)10(9(6-24)4-20-8)5-21-32(28)29-7-11-14(26)17(18,31)15(30-11)23-3-2-12(19)22-16(23)27/h2-4,11,14-15,24,26H,5-7,31H2,1H3,(H3-,19,21,22,25,27,28)/p+1/t11-,14?,15-,17?/m1/s1. The molecule has 2 aromatic rings. The van der Waals surface area contributed by atoms with E-state index in [0.29, 0.717) is 16.8 Å². The molecule has 1 saturated heterocycles. The molecule has 32 heavy (non-hydrogen) atoms. The average Bonchev–Trinajstić information content (AvgIpc) is 2.96. The lowest BCUT2D eigenvalue weighted by molar-refractivity contribution is -0.0463. The molecule has 0 radical (unpaired) electrons. The van der Waals surface area contributed by atoms with Gasteiger partial charge in [0.1, 0.15) is 30.4 Å². The molecule has 12 nitrogen and oxygen atoms in total. The zero-order valence-electron chi connectivity index (χ0n) is 16.9. The van der Waals surface area contributed by atoms with E-state index in [-0.39, 0.29) is 24.7 Å². The van der Waals surface area contributed by atoms with Crippen LogP contribution in [0, 0.1) is 6.92 Å². The van der Waals surface area contributed by atoms with Crippen molar-refractivity contribution in [3.8, 4) is 5.75 Å². The fourth-order valence-corrected chi connectivity index (χ4v) is 4.25. The van der Waals surface area contributed by atoms with Crippen LogP contribution in [0.25, 0.3) is 0 Å². The van der Waals surface area contributed by atoms with Crippen LogP contribution in [0.15, 0.2) is 23.3 Å². The van der Waals surface area contributed by atoms with Gasteiger partial charge >= 0.3 is 13.9 Å². The molecule has 0 saturated carbocycles. The lowest BCUT2D eigenvalue weighted by Gasteiger charge is -2.24. The number of aromatic nitrogens is 3. The second-order valence-corrected chi connectivity index (χ2v) is 9.06. The second kappa shape index (κ2) is 9.80. The van der Waals surface area contributed by atoms with E-state index in [9.17, 15) is 24.7 Å². The Morgan fingerprint density at radius 3 is 2.91 bits per heavy atom. The lowest BCUT2D eigenvalue weighted by Crippen LogP contribution is -2.40. The summed E-state index contributed by atoms with van der Waals surface area (Å²) in [6.45, 7) is 0.607. The molecule has 1 aliphatic rings. The largest absolute Gasteiger partial charge is 0.613 e. The lowest BCUT2D eigenvalue weighted by atomic mass is 10.1. The number of nitrogens with two attached hydrogens (primary N) is 1. The number of aliphatic hydroxyl groups is 2. The van der Waals surface area contributed by atoms with Crippen LogP contribution < -0.4 is 16.5 Å². The van der Waals surface area contributed by atoms with Gasteiger partial charge in [0.15, 0.2) is 11.6 Å². The van der Waals surface area contributed by atoms with Crippen molar-refractivity contribution in [3.63, 3.8) is 0 Å². The molecule has 0 amide bonds. The molecular formula is C17H23FN5O7P2+. The van der Waals surface area contributed by atoms with Crippen LogP contribution in [0.5, 0.6) is 5.75 Å². The number of hydrogen-bond acceptors (Lipinski definition) is 10. The molecule has 15 heteroatoms. The highest BCUT2D eigenvalue weighted by atomic mass is 31.1. The summed E-state index contributed by atoms with van der Waals surface area (Å²) < 4.78 is 38.8. The molecule has 1 aliphatic heterocycles. The predicted octanol–water partition coefficient (Wildman–Crippen LogP) is -0.0102. The first kappa shape index (κ1) is 24.5. The number of aryl methyl sites for hydroxylation is 1. The molecule has 6 atom stereocenters. The minimum Gasteiger partial charge on any atom is -0.506 e. The van der Waals surface area contributed by atoms with Crippen molar-refractivity contribution >= 4 is 23.2 Å². The number of aromatic hydroxyl groups is 1. The zero-order chi connectivity index (χ0) is 23.6. The Balaban J connectivity index is 1.63. The molecule has 174 valence electrons. The number of rotatable bonds is 8. The van der Waals surface area contributed by atoms with Gasteiger partial charge in [-0.05, 0) is 17.6 Å². The Hall–Kier alpha value is -2.11. The van der Waals surface area contributed by atoms with Crippen molar-refractivity contribution in [3.05, 3.63) is 45.8 Å². The van der Waals surface area contributed by atoms with E-state index in [1.165, 1.54) is 18.5 Å². The molecule has 0 spiro atoms. The maximum Gasteiger partial charge on any atom is 0.613 e. The third kappa shape index (κ3) is 4.94. The van der Waals surface area contributed by atoms with Gasteiger partial charge in [0, 0.05) is 23.5 Å². The second-order valence-electron chi connectivity index (χ2n) is 7.08. The third-order valence-corrected chi connectivity index (χ3v) is 6.36. The van der Waals surface area contributed by atoms with Crippen LogP contribution in [0.4, 0.5) is 10.2 Å². The Labute approximate surface area is 184 Å². The highest BCUT2D eigenvalue weighted by molar-refractivity contribution is 7.36. The van der Waals surface area contributed by atoms with E-state index in [2.05, 4.69) is 15.1 Å². The minimum atomic E-state index is -2.52. The van der Waals surface area contributed by atoms with Crippen molar-refractivity contribution in [1.29, 1.82) is 0 Å². The van der Waals surface area contributed by atoms with Crippen LogP contribution in [0.2, 0.25) is 0 Å². The molecule has 1 fully saturated rings. The Kier molecular flexibility index (Phi) is 7.51. The predicted molar refractivity (Wildman–Crippen MR) is 113 cm³/mol. The van der Waals surface area contributed by atoms with Gasteiger partial charge in [-0.1, -0.05) is 14.3 Å². The average molecular weight is 490 g/mol. The van der Waals surface area contributed by atoms with E-state index in [1.807, 2.05) is 9.24 Å². The van der Waals surface area contributed by atoms with E-state index in [1.54, 1.807) is 6.92 Å². The summed E-state index contributed by atoms with van der Waals surface area (Å²) in [4.78, 5) is 19.5. The molecule has 0 aromatic carbocycles. The van der Waals surface area contributed by atoms with Gasteiger partial charge in [-0.3, -0.25) is 9.55 Å². The summed E-state index contributed by atoms with van der Waals surface area (Å²) in [5.41, 5.74) is 5.53. The Morgan fingerprint density at radius 2 is 2.25 bits per heavy atom. The number of aliphatic hydroxyl groups excluding tert-OH is 2. The summed E-state index contributed by atoms with van der Waals surface area (Å²) in [6, 6.07) is 1.28. The first-order chi connectivity index (χ1) is 15.1. The van der Waals surface area contributed by atoms with E-state index in [4.69, 9.17) is 15.0 Å². The summed E-state index contributed by atoms with van der Waals surface area (Å²) >= 11 is 0. The van der Waals surface area contributed by atoms with Crippen LogP contribution in [-0.2, 0) is 27.0 Å². The molecule has 3 rings (SSSR count). The van der Waals surface area contributed by atoms with Gasteiger partial charge in [0.05, 0.1) is 18.8 Å². The summed E-state index contributed by atoms with van der Waals surface area (Å²) in [5.74, 6) is -0.210. The van der Waals surface area contributed by atoms with Gasteiger partial charge in [-0.15, -0.1) is 4.52 Å². The number of nitrogens with one attached hydrogen (secondary N) is 1. The Morgan fingerprint density at radius 1 is 1.53 bits per heavy atom. The van der Waals surface area contributed by atoms with Gasteiger partial charge in [-0.2, -0.15) is 4.98 Å². The molecular weight excluding hydrogens is 467 g/mol. The number of pyridine rings is 1. The molecule has 0 bridgehead atoms. The number of ether oxygens (including phenoxy) is 1. The van der Waals surface area contributed by atoms with E-state index in [0.717, 1.165) is 4.57 Å². The van der Waals surface area contributed by atoms with Crippen molar-refractivity contribution < 1.29 is 33.5 Å². The van der Waals surface area contributed by atoms with Crippen LogP contribution >= 0.6 is 17.4 Å². The van der Waals surface area contributed by atoms with Crippen molar-refractivity contribution in [2.75, 3.05) is 12.3 Å². The van der Waals surface area contributed by atoms with Crippen LogP contribution in [0.3, 0.4) is 0 Å². The first-order valence-corrected chi connectivity index (χ1v) is 11.1. The number of halogens is 1. The number of hydrogen-bond donors (Lipinski definition) is 5. The topological polar surface area (TPSA) is 182 Å². The molecule has 3 heterocycles. The minimum absolute atomic E-state index is 0.0549. The molecule has 2 aromatic heterocycles. The monoisotopic (exact) mass is 490 g/mol. The maximum absolute atomic E-state index is 15.1. The molecule has 6 N–H and O–H groups in total. The number of nitrogen functional groups attached to an aromatic ring is 1. The fraction of sp³-hybridized carbons (Fsp3) is 0.471. The van der Waals surface area contributed by atoms with Crippen LogP contribution in [0.1, 0.15) is 23.0 Å². The van der Waals surface area contributed by atoms with E-state index < -0.39 is 44.3 Å². The van der Waals surface area contributed by atoms with Gasteiger partial charge in [0.2, 0.25) is 0 Å². The summed E-state index contributed by atoms with van der Waals surface area (Å²) in [7, 11) is -0.710. The first-order valence-electron chi connectivity index (χ1n) is 9.33. The number of anilines is 1. The number of alkyl halides is 1. The highest BCUT2D eigenvalue weighted by Crippen LogP contribution is 2.46. The van der Waals surface area contributed by atoms with Gasteiger partial charge < -0.3 is 25.8 Å². The quantitative estimate of drug-likeness (QED) is 0.314. The molecule has 4 unspecified atom stereocenters. The highest BCUT2D eigenvalue weighted by Gasteiger charge is 2.56. The fourth-order valence-electron chi connectivity index (χ4n) is 3.14. The van der Waals surface area contributed by atoms with E-state index >= 15 is 4.39 Å². The van der Waals surface area contributed by atoms with Crippen molar-refractivity contribution in [1.82, 2.24) is 19.6 Å².